The van der Waals surface area contributed by atoms with Gasteiger partial charge in [0.1, 0.15) is 0 Å². The molecule has 0 radical (unpaired) electrons. The Morgan fingerprint density at radius 1 is 1.82 bits per heavy atom. The van der Waals surface area contributed by atoms with Gasteiger partial charge in [-0.05, 0) is 13.3 Å². The van der Waals surface area contributed by atoms with Crippen molar-refractivity contribution < 1.29 is 4.79 Å². The first kappa shape index (κ1) is 8.06. The van der Waals surface area contributed by atoms with Crippen LogP contribution in [0.2, 0.25) is 0 Å². The highest BCUT2D eigenvalue weighted by Crippen LogP contribution is 2.23. The third-order valence-corrected chi connectivity index (χ3v) is 2.28. The Hall–Kier alpha value is -1.04. The minimum absolute atomic E-state index is 0.0509. The fourth-order valence-corrected chi connectivity index (χ4v) is 1.40. The van der Waals surface area contributed by atoms with Crippen LogP contribution in [0.4, 0.5) is 0 Å². The van der Waals surface area contributed by atoms with Crippen molar-refractivity contribution in [2.24, 2.45) is 11.8 Å². The van der Waals surface area contributed by atoms with E-state index in [1.807, 2.05) is 6.92 Å². The number of amides is 1. The lowest BCUT2D eigenvalue weighted by Crippen LogP contribution is -2.25. The van der Waals surface area contributed by atoms with Crippen LogP contribution in [0.1, 0.15) is 13.3 Å². The Kier molecular flexibility index (Phi) is 2.13. The van der Waals surface area contributed by atoms with Crippen molar-refractivity contribution in [1.82, 2.24) is 4.90 Å². The highest BCUT2D eigenvalue weighted by molar-refractivity contribution is 5.81. The molecule has 0 aromatic rings. The minimum atomic E-state index is -0.132. The average Bonchev–Trinajstić information content (AvgIpc) is 2.32. The molecule has 1 amide bonds. The zero-order chi connectivity index (χ0) is 8.43. The second-order valence-corrected chi connectivity index (χ2v) is 3.07. The van der Waals surface area contributed by atoms with Crippen LogP contribution in [0.3, 0.4) is 0 Å². The van der Waals surface area contributed by atoms with Gasteiger partial charge in [-0.25, -0.2) is 0 Å². The number of carbonyl (C=O) groups is 1. The van der Waals surface area contributed by atoms with Gasteiger partial charge in [0.25, 0.3) is 0 Å². The predicted octanol–water partition coefficient (Wildman–Crippen LogP) is 0.624. The van der Waals surface area contributed by atoms with E-state index >= 15 is 0 Å². The molecule has 60 valence electrons. The average molecular weight is 152 g/mol. The number of carbonyl (C=O) groups excluding carboxylic acids is 1. The molecule has 1 aliphatic rings. The number of likely N-dealkylation sites (tertiary alicyclic amines) is 1. The SMILES string of the molecule is CC(C#N)C1CCN(C)C1=O. The van der Waals surface area contributed by atoms with Crippen molar-refractivity contribution in [3.8, 4) is 6.07 Å². The van der Waals surface area contributed by atoms with Crippen LogP contribution in [0.25, 0.3) is 0 Å². The molecule has 3 nitrogen and oxygen atoms in total. The Labute approximate surface area is 66.6 Å². The molecule has 0 aromatic heterocycles. The van der Waals surface area contributed by atoms with E-state index in [0.717, 1.165) is 13.0 Å². The molecule has 1 fully saturated rings. The van der Waals surface area contributed by atoms with Gasteiger partial charge in [0, 0.05) is 13.6 Å². The number of nitriles is 1. The van der Waals surface area contributed by atoms with Crippen LogP contribution in [0.5, 0.6) is 0 Å². The lowest BCUT2D eigenvalue weighted by atomic mass is 9.94. The van der Waals surface area contributed by atoms with Gasteiger partial charge in [-0.1, -0.05) is 0 Å². The van der Waals surface area contributed by atoms with Crippen LogP contribution in [-0.2, 0) is 4.79 Å². The predicted molar refractivity (Wildman–Crippen MR) is 40.5 cm³/mol. The van der Waals surface area contributed by atoms with Gasteiger partial charge in [0.2, 0.25) is 5.91 Å². The lowest BCUT2D eigenvalue weighted by molar-refractivity contribution is -0.130. The molecule has 0 spiro atoms. The highest BCUT2D eigenvalue weighted by Gasteiger charge is 2.33. The first-order chi connectivity index (χ1) is 5.16. The first-order valence-corrected chi connectivity index (χ1v) is 3.81. The molecule has 0 aromatic carbocycles. The van der Waals surface area contributed by atoms with Crippen molar-refractivity contribution in [1.29, 1.82) is 5.26 Å². The molecular formula is C8H12N2O. The molecule has 1 saturated heterocycles. The van der Waals surface area contributed by atoms with E-state index in [-0.39, 0.29) is 17.7 Å². The van der Waals surface area contributed by atoms with E-state index in [0.29, 0.717) is 0 Å². The molecule has 0 bridgehead atoms. The van der Waals surface area contributed by atoms with E-state index in [1.165, 1.54) is 0 Å². The highest BCUT2D eigenvalue weighted by atomic mass is 16.2. The van der Waals surface area contributed by atoms with Gasteiger partial charge in [-0.2, -0.15) is 5.26 Å². The third kappa shape index (κ3) is 1.35. The zero-order valence-corrected chi connectivity index (χ0v) is 6.87. The van der Waals surface area contributed by atoms with E-state index < -0.39 is 0 Å². The zero-order valence-electron chi connectivity index (χ0n) is 6.87. The van der Waals surface area contributed by atoms with Gasteiger partial charge in [0.15, 0.2) is 0 Å². The van der Waals surface area contributed by atoms with E-state index in [4.69, 9.17) is 5.26 Å². The lowest BCUT2D eigenvalue weighted by Gasteiger charge is -2.10. The number of hydrogen-bond acceptors (Lipinski definition) is 2. The smallest absolute Gasteiger partial charge is 0.226 e. The quantitative estimate of drug-likeness (QED) is 0.553. The normalized spacial score (nSPS) is 26.8. The first-order valence-electron chi connectivity index (χ1n) is 3.81. The summed E-state index contributed by atoms with van der Waals surface area (Å²) in [7, 11) is 1.78. The summed E-state index contributed by atoms with van der Waals surface area (Å²) in [4.78, 5) is 13.0. The molecule has 1 heterocycles. The Bertz CT molecular complexity index is 207. The molecule has 3 heteroatoms. The van der Waals surface area contributed by atoms with E-state index in [2.05, 4.69) is 6.07 Å². The topological polar surface area (TPSA) is 44.1 Å². The van der Waals surface area contributed by atoms with Crippen molar-refractivity contribution in [2.45, 2.75) is 13.3 Å². The molecule has 0 N–H and O–H groups in total. The van der Waals surface area contributed by atoms with Gasteiger partial charge in [0.05, 0.1) is 17.9 Å². The van der Waals surface area contributed by atoms with Gasteiger partial charge < -0.3 is 4.90 Å². The van der Waals surface area contributed by atoms with Crippen molar-refractivity contribution in [3.63, 3.8) is 0 Å². The van der Waals surface area contributed by atoms with Crippen molar-refractivity contribution in [3.05, 3.63) is 0 Å². The summed E-state index contributed by atoms with van der Waals surface area (Å²) in [6.45, 7) is 2.61. The van der Waals surface area contributed by atoms with Crippen molar-refractivity contribution >= 4 is 5.91 Å². The summed E-state index contributed by atoms with van der Waals surface area (Å²) in [6.07, 6.45) is 0.837. The van der Waals surface area contributed by atoms with Gasteiger partial charge in [-0.15, -0.1) is 0 Å². The van der Waals surface area contributed by atoms with Crippen LogP contribution in [-0.4, -0.2) is 24.4 Å². The summed E-state index contributed by atoms with van der Waals surface area (Å²) in [5.74, 6) is -0.0588. The molecule has 1 aliphatic heterocycles. The van der Waals surface area contributed by atoms with Crippen molar-refractivity contribution in [2.75, 3.05) is 13.6 Å². The molecular weight excluding hydrogens is 140 g/mol. The maximum absolute atomic E-state index is 11.3. The van der Waals surface area contributed by atoms with Gasteiger partial charge >= 0.3 is 0 Å². The second kappa shape index (κ2) is 2.91. The summed E-state index contributed by atoms with van der Waals surface area (Å²) in [5, 5.41) is 8.58. The van der Waals surface area contributed by atoms with E-state index in [9.17, 15) is 4.79 Å². The molecule has 1 rings (SSSR count). The number of rotatable bonds is 1. The molecule has 11 heavy (non-hydrogen) atoms. The Morgan fingerprint density at radius 2 is 2.45 bits per heavy atom. The van der Waals surface area contributed by atoms with Crippen LogP contribution in [0.15, 0.2) is 0 Å². The third-order valence-electron chi connectivity index (χ3n) is 2.28. The fourth-order valence-electron chi connectivity index (χ4n) is 1.40. The monoisotopic (exact) mass is 152 g/mol. The maximum atomic E-state index is 11.3. The number of nitrogens with zero attached hydrogens (tertiary/aromatic N) is 2. The van der Waals surface area contributed by atoms with Gasteiger partial charge in [-0.3, -0.25) is 4.79 Å². The van der Waals surface area contributed by atoms with E-state index in [1.54, 1.807) is 11.9 Å². The minimum Gasteiger partial charge on any atom is -0.345 e. The summed E-state index contributed by atoms with van der Waals surface area (Å²) < 4.78 is 0. The molecule has 0 saturated carbocycles. The largest absolute Gasteiger partial charge is 0.345 e. The standard InChI is InChI=1S/C8H12N2O/c1-6(5-9)7-3-4-10(2)8(7)11/h6-7H,3-4H2,1-2H3. The summed E-state index contributed by atoms with van der Waals surface area (Å²) in [6, 6.07) is 2.11. The molecule has 2 atom stereocenters. The molecule has 2 unspecified atom stereocenters. The Balaban J connectivity index is 2.64. The van der Waals surface area contributed by atoms with Crippen LogP contribution in [0, 0.1) is 23.2 Å². The fraction of sp³-hybridized carbons (Fsp3) is 0.750. The second-order valence-electron chi connectivity index (χ2n) is 3.07. The Morgan fingerprint density at radius 3 is 2.82 bits per heavy atom. The van der Waals surface area contributed by atoms with Crippen LogP contribution >= 0.6 is 0 Å². The summed E-state index contributed by atoms with van der Waals surface area (Å²) >= 11 is 0. The maximum Gasteiger partial charge on any atom is 0.226 e. The van der Waals surface area contributed by atoms with Crippen LogP contribution < -0.4 is 0 Å². The molecule has 0 aliphatic carbocycles. The summed E-state index contributed by atoms with van der Waals surface area (Å²) in [5.41, 5.74) is 0. The number of hydrogen-bond donors (Lipinski definition) is 0.